The SMILES string of the molecule is O=C(c1c[nH]c2ncnc(N[C@@H]3CCCNC3)c12)C1CCCC1. The van der Waals surface area contributed by atoms with Crippen LogP contribution in [0.5, 0.6) is 0 Å². The molecule has 0 radical (unpaired) electrons. The molecule has 1 aliphatic heterocycles. The van der Waals surface area contributed by atoms with Gasteiger partial charge in [0.05, 0.1) is 5.39 Å². The van der Waals surface area contributed by atoms with E-state index in [0.717, 1.165) is 74.0 Å². The highest BCUT2D eigenvalue weighted by Crippen LogP contribution is 2.32. The number of ketones is 1. The summed E-state index contributed by atoms with van der Waals surface area (Å²) in [6.07, 6.45) is 9.98. The van der Waals surface area contributed by atoms with Crippen molar-refractivity contribution in [3.8, 4) is 0 Å². The average Bonchev–Trinajstić information content (AvgIpc) is 3.26. The summed E-state index contributed by atoms with van der Waals surface area (Å²) in [5, 5.41) is 7.76. The molecule has 1 aliphatic carbocycles. The Kier molecular flexibility index (Phi) is 3.99. The third kappa shape index (κ3) is 2.83. The van der Waals surface area contributed by atoms with Crippen LogP contribution in [0.1, 0.15) is 48.9 Å². The number of rotatable bonds is 4. The molecule has 2 aromatic heterocycles. The molecule has 2 aliphatic rings. The maximum atomic E-state index is 12.9. The van der Waals surface area contributed by atoms with Crippen molar-refractivity contribution >= 4 is 22.6 Å². The number of fused-ring (bicyclic) bond motifs is 1. The second kappa shape index (κ2) is 6.28. The van der Waals surface area contributed by atoms with Gasteiger partial charge in [0, 0.05) is 30.3 Å². The molecule has 4 rings (SSSR count). The third-order valence-electron chi connectivity index (χ3n) is 5.10. The molecule has 23 heavy (non-hydrogen) atoms. The van der Waals surface area contributed by atoms with Crippen molar-refractivity contribution in [3.63, 3.8) is 0 Å². The number of carbonyl (C=O) groups excluding carboxylic acids is 1. The molecule has 0 aromatic carbocycles. The van der Waals surface area contributed by atoms with Crippen LogP contribution < -0.4 is 10.6 Å². The summed E-state index contributed by atoms with van der Waals surface area (Å²) < 4.78 is 0. The van der Waals surface area contributed by atoms with Crippen molar-refractivity contribution in [1.82, 2.24) is 20.3 Å². The average molecular weight is 313 g/mol. The summed E-state index contributed by atoms with van der Waals surface area (Å²) in [4.78, 5) is 24.7. The fraction of sp³-hybridized carbons (Fsp3) is 0.588. The van der Waals surface area contributed by atoms with Gasteiger partial charge in [-0.3, -0.25) is 4.79 Å². The predicted octanol–water partition coefficient (Wildman–Crippen LogP) is 2.49. The van der Waals surface area contributed by atoms with Crippen LogP contribution in [0, 0.1) is 5.92 Å². The maximum Gasteiger partial charge on any atom is 0.168 e. The van der Waals surface area contributed by atoms with E-state index < -0.39 is 0 Å². The van der Waals surface area contributed by atoms with Crippen LogP contribution >= 0.6 is 0 Å². The Morgan fingerprint density at radius 1 is 1.17 bits per heavy atom. The monoisotopic (exact) mass is 313 g/mol. The van der Waals surface area contributed by atoms with Crippen molar-refractivity contribution in [1.29, 1.82) is 0 Å². The van der Waals surface area contributed by atoms with E-state index in [0.29, 0.717) is 6.04 Å². The summed E-state index contributed by atoms with van der Waals surface area (Å²) in [5.74, 6) is 1.19. The minimum absolute atomic E-state index is 0.165. The maximum absolute atomic E-state index is 12.9. The van der Waals surface area contributed by atoms with Gasteiger partial charge in [-0.25, -0.2) is 9.97 Å². The van der Waals surface area contributed by atoms with Gasteiger partial charge in [-0.1, -0.05) is 12.8 Å². The first-order valence-corrected chi connectivity index (χ1v) is 8.66. The molecule has 2 fully saturated rings. The molecule has 1 saturated carbocycles. The first-order valence-electron chi connectivity index (χ1n) is 8.66. The Labute approximate surface area is 135 Å². The van der Waals surface area contributed by atoms with E-state index >= 15 is 0 Å². The normalized spacial score (nSPS) is 22.5. The fourth-order valence-electron chi connectivity index (χ4n) is 3.84. The molecule has 0 bridgehead atoms. The highest BCUT2D eigenvalue weighted by Gasteiger charge is 2.27. The Morgan fingerprint density at radius 2 is 2.04 bits per heavy atom. The van der Waals surface area contributed by atoms with E-state index in [2.05, 4.69) is 25.6 Å². The lowest BCUT2D eigenvalue weighted by Crippen LogP contribution is -2.38. The largest absolute Gasteiger partial charge is 0.365 e. The van der Waals surface area contributed by atoms with Crippen LogP contribution in [0.4, 0.5) is 5.82 Å². The first kappa shape index (κ1) is 14.6. The van der Waals surface area contributed by atoms with Gasteiger partial charge in [0.15, 0.2) is 5.78 Å². The van der Waals surface area contributed by atoms with Gasteiger partial charge in [0.1, 0.15) is 17.8 Å². The predicted molar refractivity (Wildman–Crippen MR) is 89.7 cm³/mol. The lowest BCUT2D eigenvalue weighted by atomic mass is 9.96. The molecule has 3 heterocycles. The number of hydrogen-bond acceptors (Lipinski definition) is 5. The van der Waals surface area contributed by atoms with E-state index in [-0.39, 0.29) is 11.7 Å². The molecule has 3 N–H and O–H groups in total. The number of aromatic amines is 1. The van der Waals surface area contributed by atoms with Gasteiger partial charge in [0.2, 0.25) is 0 Å². The number of aromatic nitrogens is 3. The first-order chi connectivity index (χ1) is 11.3. The molecule has 0 spiro atoms. The van der Waals surface area contributed by atoms with Gasteiger partial charge >= 0.3 is 0 Å². The number of piperidine rings is 1. The summed E-state index contributed by atoms with van der Waals surface area (Å²) in [6, 6.07) is 0.353. The lowest BCUT2D eigenvalue weighted by Gasteiger charge is -2.24. The van der Waals surface area contributed by atoms with Crippen molar-refractivity contribution in [2.24, 2.45) is 5.92 Å². The Balaban J connectivity index is 1.67. The van der Waals surface area contributed by atoms with Gasteiger partial charge in [-0.05, 0) is 32.2 Å². The van der Waals surface area contributed by atoms with Crippen LogP contribution in [0.15, 0.2) is 12.5 Å². The number of Topliss-reactive ketones (excluding diaryl/α,β-unsaturated/α-hetero) is 1. The highest BCUT2D eigenvalue weighted by atomic mass is 16.1. The lowest BCUT2D eigenvalue weighted by molar-refractivity contribution is 0.0924. The Bertz CT molecular complexity index is 698. The van der Waals surface area contributed by atoms with E-state index in [9.17, 15) is 4.79 Å². The highest BCUT2D eigenvalue weighted by molar-refractivity contribution is 6.11. The summed E-state index contributed by atoms with van der Waals surface area (Å²) >= 11 is 0. The quantitative estimate of drug-likeness (QED) is 0.755. The van der Waals surface area contributed by atoms with Crippen LogP contribution in [-0.2, 0) is 0 Å². The Hall–Kier alpha value is -1.95. The number of nitrogens with one attached hydrogen (secondary N) is 3. The van der Waals surface area contributed by atoms with Crippen molar-refractivity contribution < 1.29 is 4.79 Å². The molecule has 0 unspecified atom stereocenters. The molecule has 6 nitrogen and oxygen atoms in total. The van der Waals surface area contributed by atoms with Crippen LogP contribution in [0.2, 0.25) is 0 Å². The fourth-order valence-corrected chi connectivity index (χ4v) is 3.84. The molecule has 2 aromatic rings. The number of hydrogen-bond donors (Lipinski definition) is 3. The van der Waals surface area contributed by atoms with Gasteiger partial charge in [0.25, 0.3) is 0 Å². The number of carbonyl (C=O) groups is 1. The molecule has 1 atom stereocenters. The van der Waals surface area contributed by atoms with E-state index in [1.807, 2.05) is 6.20 Å². The van der Waals surface area contributed by atoms with Gasteiger partial charge in [-0.2, -0.15) is 0 Å². The zero-order valence-corrected chi connectivity index (χ0v) is 13.3. The van der Waals surface area contributed by atoms with Crippen molar-refractivity contribution in [2.75, 3.05) is 18.4 Å². The second-order valence-corrected chi connectivity index (χ2v) is 6.68. The van der Waals surface area contributed by atoms with Gasteiger partial charge in [-0.15, -0.1) is 0 Å². The van der Waals surface area contributed by atoms with Crippen LogP contribution in [0.25, 0.3) is 11.0 Å². The topological polar surface area (TPSA) is 82.7 Å². The zero-order valence-electron chi connectivity index (χ0n) is 13.3. The zero-order chi connectivity index (χ0) is 15.6. The standard InChI is InChI=1S/C17H23N5O/c23-15(11-4-1-2-5-11)13-9-19-16-14(13)17(21-10-20-16)22-12-6-3-7-18-8-12/h9-12,18H,1-8H2,(H2,19,20,21,22)/t12-/m1/s1. The number of H-pyrrole nitrogens is 1. The minimum Gasteiger partial charge on any atom is -0.365 e. The minimum atomic E-state index is 0.165. The van der Waals surface area contributed by atoms with Crippen LogP contribution in [0.3, 0.4) is 0 Å². The molecule has 122 valence electrons. The van der Waals surface area contributed by atoms with E-state index in [1.54, 1.807) is 6.33 Å². The molecular weight excluding hydrogens is 290 g/mol. The Morgan fingerprint density at radius 3 is 2.83 bits per heavy atom. The number of anilines is 1. The molecule has 6 heteroatoms. The van der Waals surface area contributed by atoms with E-state index in [4.69, 9.17) is 0 Å². The molecular formula is C17H23N5O. The van der Waals surface area contributed by atoms with E-state index in [1.165, 1.54) is 0 Å². The van der Waals surface area contributed by atoms with Crippen LogP contribution in [-0.4, -0.2) is 39.9 Å². The summed E-state index contributed by atoms with van der Waals surface area (Å²) in [7, 11) is 0. The van der Waals surface area contributed by atoms with Crippen molar-refractivity contribution in [2.45, 2.75) is 44.6 Å². The summed E-state index contributed by atoms with van der Waals surface area (Å²) in [6.45, 7) is 2.01. The van der Waals surface area contributed by atoms with Crippen molar-refractivity contribution in [3.05, 3.63) is 18.1 Å². The molecule has 1 saturated heterocycles. The summed E-state index contributed by atoms with van der Waals surface area (Å²) in [5.41, 5.74) is 1.49. The molecule has 0 amide bonds. The second-order valence-electron chi connectivity index (χ2n) is 6.68. The smallest absolute Gasteiger partial charge is 0.168 e. The van der Waals surface area contributed by atoms with Gasteiger partial charge < -0.3 is 15.6 Å². The third-order valence-corrected chi connectivity index (χ3v) is 5.10. The number of nitrogens with zero attached hydrogens (tertiary/aromatic N) is 2.